The average Bonchev–Trinajstić information content (AvgIpc) is 3.36. The Morgan fingerprint density at radius 3 is 2.53 bits per heavy atom. The first-order valence-electron chi connectivity index (χ1n) is 12.1. The third-order valence-electron chi connectivity index (χ3n) is 6.04. The SMILES string of the molecule is COc1cc(OCCOCc2ccccc2)cc2nc(-c3ccc4oc(C(OC)OC)cc4c3)[nH]c(=O)c12. The van der Waals surface area contributed by atoms with Crippen LogP contribution >= 0.6 is 0 Å². The normalized spacial score (nSPS) is 11.5. The maximum atomic E-state index is 13.0. The van der Waals surface area contributed by atoms with Crippen molar-refractivity contribution in [2.75, 3.05) is 34.5 Å². The molecule has 0 radical (unpaired) electrons. The molecule has 0 unspecified atom stereocenters. The molecule has 5 aromatic rings. The van der Waals surface area contributed by atoms with Crippen molar-refractivity contribution < 1.29 is 28.1 Å². The number of aromatic amines is 1. The van der Waals surface area contributed by atoms with E-state index in [1.54, 1.807) is 26.4 Å². The summed E-state index contributed by atoms with van der Waals surface area (Å²) in [5.74, 6) is 1.86. The fourth-order valence-corrected chi connectivity index (χ4v) is 4.23. The van der Waals surface area contributed by atoms with Gasteiger partial charge in [0.25, 0.3) is 5.56 Å². The number of aromatic nitrogens is 2. The summed E-state index contributed by atoms with van der Waals surface area (Å²) in [6, 6.07) is 20.7. The van der Waals surface area contributed by atoms with Gasteiger partial charge in [-0.2, -0.15) is 0 Å². The Hall–Kier alpha value is -4.18. The van der Waals surface area contributed by atoms with Gasteiger partial charge < -0.3 is 33.1 Å². The second kappa shape index (κ2) is 11.5. The number of hydrogen-bond acceptors (Lipinski definition) is 8. The lowest BCUT2D eigenvalue weighted by atomic mass is 10.1. The van der Waals surface area contributed by atoms with E-state index in [0.717, 1.165) is 16.5 Å². The second-order valence-corrected chi connectivity index (χ2v) is 8.53. The van der Waals surface area contributed by atoms with Crippen LogP contribution in [0.2, 0.25) is 0 Å². The van der Waals surface area contributed by atoms with Gasteiger partial charge in [0.15, 0.2) is 5.76 Å². The molecule has 0 fully saturated rings. The lowest BCUT2D eigenvalue weighted by Crippen LogP contribution is -2.12. The number of furan rings is 1. The summed E-state index contributed by atoms with van der Waals surface area (Å²) >= 11 is 0. The molecule has 1 N–H and O–H groups in total. The van der Waals surface area contributed by atoms with Crippen LogP contribution in [0.5, 0.6) is 11.5 Å². The fraction of sp³-hybridized carbons (Fsp3) is 0.241. The first-order valence-corrected chi connectivity index (χ1v) is 12.1. The zero-order valence-electron chi connectivity index (χ0n) is 21.4. The topological polar surface area (TPSA) is 105 Å². The van der Waals surface area contributed by atoms with E-state index in [2.05, 4.69) is 4.98 Å². The predicted octanol–water partition coefficient (Wildman–Crippen LogP) is 5.23. The van der Waals surface area contributed by atoms with Crippen LogP contribution < -0.4 is 15.0 Å². The molecule has 0 bridgehead atoms. The molecule has 0 saturated heterocycles. The van der Waals surface area contributed by atoms with Gasteiger partial charge in [-0.1, -0.05) is 30.3 Å². The van der Waals surface area contributed by atoms with Crippen molar-refractivity contribution in [2.45, 2.75) is 12.9 Å². The number of ether oxygens (including phenoxy) is 5. The molecule has 0 aliphatic rings. The van der Waals surface area contributed by atoms with Gasteiger partial charge in [-0.3, -0.25) is 4.79 Å². The van der Waals surface area contributed by atoms with Crippen molar-refractivity contribution >= 4 is 21.9 Å². The van der Waals surface area contributed by atoms with Crippen molar-refractivity contribution in [3.63, 3.8) is 0 Å². The highest BCUT2D eigenvalue weighted by Crippen LogP contribution is 2.31. The Bertz CT molecular complexity index is 1590. The summed E-state index contributed by atoms with van der Waals surface area (Å²) in [5, 5.41) is 1.17. The van der Waals surface area contributed by atoms with Crippen molar-refractivity contribution in [1.29, 1.82) is 0 Å². The third-order valence-corrected chi connectivity index (χ3v) is 6.04. The largest absolute Gasteiger partial charge is 0.496 e. The molecule has 9 nitrogen and oxygen atoms in total. The highest BCUT2D eigenvalue weighted by molar-refractivity contribution is 5.88. The van der Waals surface area contributed by atoms with E-state index in [9.17, 15) is 4.79 Å². The highest BCUT2D eigenvalue weighted by atomic mass is 16.7. The van der Waals surface area contributed by atoms with Crippen molar-refractivity contribution in [1.82, 2.24) is 9.97 Å². The molecule has 9 heteroatoms. The minimum Gasteiger partial charge on any atom is -0.496 e. The molecule has 2 aromatic heterocycles. The first kappa shape index (κ1) is 25.5. The Labute approximate surface area is 218 Å². The standard InChI is InChI=1S/C29H28N2O7/c1-33-24-16-21(37-12-11-36-17-18-7-5-4-6-8-18)15-22-26(24)28(32)31-27(30-22)19-9-10-23-20(13-19)14-25(38-23)29(34-2)35-3/h4-10,13-16,29H,11-12,17H2,1-3H3,(H,30,31,32). The van der Waals surface area contributed by atoms with Crippen LogP contribution in [0, 0.1) is 0 Å². The van der Waals surface area contributed by atoms with Gasteiger partial charge in [0.2, 0.25) is 6.29 Å². The van der Waals surface area contributed by atoms with E-state index in [0.29, 0.717) is 59.4 Å². The number of nitrogens with one attached hydrogen (secondary N) is 1. The van der Waals surface area contributed by atoms with E-state index in [-0.39, 0.29) is 5.56 Å². The van der Waals surface area contributed by atoms with E-state index >= 15 is 0 Å². The number of methoxy groups -OCH3 is 3. The van der Waals surface area contributed by atoms with Gasteiger partial charge in [-0.05, 0) is 29.8 Å². The molecule has 38 heavy (non-hydrogen) atoms. The predicted molar refractivity (Wildman–Crippen MR) is 142 cm³/mol. The zero-order chi connectivity index (χ0) is 26.5. The summed E-state index contributed by atoms with van der Waals surface area (Å²) in [4.78, 5) is 20.6. The quantitative estimate of drug-likeness (QED) is 0.188. The lowest BCUT2D eigenvalue weighted by Gasteiger charge is -2.11. The molecule has 0 atom stereocenters. The van der Waals surface area contributed by atoms with E-state index in [1.165, 1.54) is 7.11 Å². The van der Waals surface area contributed by atoms with Gasteiger partial charge in [-0.25, -0.2) is 4.98 Å². The Morgan fingerprint density at radius 2 is 1.76 bits per heavy atom. The first-order chi connectivity index (χ1) is 18.6. The summed E-state index contributed by atoms with van der Waals surface area (Å²) in [6.45, 7) is 1.25. The van der Waals surface area contributed by atoms with E-state index < -0.39 is 6.29 Å². The van der Waals surface area contributed by atoms with Crippen LogP contribution in [0.3, 0.4) is 0 Å². The fourth-order valence-electron chi connectivity index (χ4n) is 4.23. The van der Waals surface area contributed by atoms with Crippen LogP contribution in [0.25, 0.3) is 33.3 Å². The second-order valence-electron chi connectivity index (χ2n) is 8.53. The molecule has 0 amide bonds. The van der Waals surface area contributed by atoms with Gasteiger partial charge in [0.1, 0.15) is 34.9 Å². The van der Waals surface area contributed by atoms with Gasteiger partial charge in [0, 0.05) is 37.3 Å². The monoisotopic (exact) mass is 516 g/mol. The molecule has 3 aromatic carbocycles. The van der Waals surface area contributed by atoms with Crippen LogP contribution in [0.1, 0.15) is 17.6 Å². The minimum atomic E-state index is -0.612. The number of nitrogens with zero attached hydrogens (tertiary/aromatic N) is 1. The number of fused-ring (bicyclic) bond motifs is 2. The third kappa shape index (κ3) is 5.40. The Balaban J connectivity index is 1.38. The maximum absolute atomic E-state index is 13.0. The number of H-pyrrole nitrogens is 1. The summed E-state index contributed by atoms with van der Waals surface area (Å²) in [5.41, 5.74) is 2.62. The molecule has 5 rings (SSSR count). The zero-order valence-corrected chi connectivity index (χ0v) is 21.4. The van der Waals surface area contributed by atoms with Gasteiger partial charge >= 0.3 is 0 Å². The van der Waals surface area contributed by atoms with Crippen molar-refractivity contribution in [2.24, 2.45) is 0 Å². The molecule has 0 saturated carbocycles. The van der Waals surface area contributed by atoms with Gasteiger partial charge in [-0.15, -0.1) is 0 Å². The molecule has 0 aliphatic heterocycles. The molecule has 2 heterocycles. The molecule has 0 aliphatic carbocycles. The van der Waals surface area contributed by atoms with Crippen LogP contribution in [0.4, 0.5) is 0 Å². The van der Waals surface area contributed by atoms with Gasteiger partial charge in [0.05, 0.1) is 25.8 Å². The van der Waals surface area contributed by atoms with Crippen LogP contribution in [-0.4, -0.2) is 44.5 Å². The Kier molecular flexibility index (Phi) is 7.69. The van der Waals surface area contributed by atoms with E-state index in [1.807, 2.05) is 54.6 Å². The smallest absolute Gasteiger partial charge is 0.262 e. The molecular formula is C29H28N2O7. The van der Waals surface area contributed by atoms with Crippen LogP contribution in [0.15, 0.2) is 75.9 Å². The van der Waals surface area contributed by atoms with Crippen molar-refractivity contribution in [3.8, 4) is 22.9 Å². The van der Waals surface area contributed by atoms with E-state index in [4.69, 9.17) is 33.1 Å². The summed E-state index contributed by atoms with van der Waals surface area (Å²) < 4.78 is 33.5. The molecule has 196 valence electrons. The lowest BCUT2D eigenvalue weighted by molar-refractivity contribution is -0.117. The highest BCUT2D eigenvalue weighted by Gasteiger charge is 2.17. The number of rotatable bonds is 11. The Morgan fingerprint density at radius 1 is 0.947 bits per heavy atom. The number of benzene rings is 3. The molecular weight excluding hydrogens is 488 g/mol. The maximum Gasteiger partial charge on any atom is 0.262 e. The molecule has 0 spiro atoms. The number of hydrogen-bond donors (Lipinski definition) is 1. The van der Waals surface area contributed by atoms with Crippen LogP contribution in [-0.2, 0) is 20.8 Å². The summed E-state index contributed by atoms with van der Waals surface area (Å²) in [7, 11) is 4.59. The van der Waals surface area contributed by atoms with Crippen molar-refractivity contribution in [3.05, 3.63) is 88.4 Å². The summed E-state index contributed by atoms with van der Waals surface area (Å²) in [6.07, 6.45) is -0.612. The average molecular weight is 517 g/mol. The minimum absolute atomic E-state index is 0.314.